The van der Waals surface area contributed by atoms with Gasteiger partial charge in [-0.1, -0.05) is 25.1 Å². The van der Waals surface area contributed by atoms with Crippen LogP contribution in [0.2, 0.25) is 0 Å². The first-order valence-corrected chi connectivity index (χ1v) is 7.86. The minimum atomic E-state index is 0.823. The standard InChI is InChI=1S/C15H20N2OS/c1-3-16-10-6-9-15-17-11-13(18-15)12-7-4-5-8-14(12)19-2/h4-5,7-8,11,16H,3,6,9-10H2,1-2H3. The van der Waals surface area contributed by atoms with Gasteiger partial charge < -0.3 is 9.73 Å². The number of rotatable bonds is 7. The van der Waals surface area contributed by atoms with Gasteiger partial charge in [-0.25, -0.2) is 4.98 Å². The van der Waals surface area contributed by atoms with Gasteiger partial charge in [0.1, 0.15) is 0 Å². The summed E-state index contributed by atoms with van der Waals surface area (Å²) in [6.45, 7) is 4.14. The molecule has 0 radical (unpaired) electrons. The smallest absolute Gasteiger partial charge is 0.194 e. The molecule has 0 bridgehead atoms. The monoisotopic (exact) mass is 276 g/mol. The second kappa shape index (κ2) is 7.36. The molecule has 1 aromatic heterocycles. The van der Waals surface area contributed by atoms with Crippen LogP contribution in [0.3, 0.4) is 0 Å². The van der Waals surface area contributed by atoms with Crippen molar-refractivity contribution in [2.45, 2.75) is 24.7 Å². The van der Waals surface area contributed by atoms with Crippen molar-refractivity contribution in [3.8, 4) is 11.3 Å². The number of aryl methyl sites for hydroxylation is 1. The number of hydrogen-bond donors (Lipinski definition) is 1. The predicted molar refractivity (Wildman–Crippen MR) is 80.6 cm³/mol. The van der Waals surface area contributed by atoms with Crippen LogP contribution in [-0.2, 0) is 6.42 Å². The van der Waals surface area contributed by atoms with Crippen molar-refractivity contribution in [1.29, 1.82) is 0 Å². The largest absolute Gasteiger partial charge is 0.441 e. The highest BCUT2D eigenvalue weighted by Gasteiger charge is 2.09. The van der Waals surface area contributed by atoms with E-state index in [1.54, 1.807) is 11.8 Å². The summed E-state index contributed by atoms with van der Waals surface area (Å²) in [7, 11) is 0. The normalized spacial score (nSPS) is 10.8. The zero-order valence-electron chi connectivity index (χ0n) is 11.5. The van der Waals surface area contributed by atoms with Crippen molar-refractivity contribution < 1.29 is 4.42 Å². The van der Waals surface area contributed by atoms with E-state index in [0.717, 1.165) is 43.1 Å². The van der Waals surface area contributed by atoms with Crippen molar-refractivity contribution >= 4 is 11.8 Å². The molecule has 4 heteroatoms. The summed E-state index contributed by atoms with van der Waals surface area (Å²) in [5, 5.41) is 3.30. The van der Waals surface area contributed by atoms with Crippen molar-refractivity contribution in [3.63, 3.8) is 0 Å². The molecule has 0 spiro atoms. The lowest BCUT2D eigenvalue weighted by Crippen LogP contribution is -2.14. The third kappa shape index (κ3) is 3.85. The minimum Gasteiger partial charge on any atom is -0.441 e. The fourth-order valence-corrected chi connectivity index (χ4v) is 2.54. The lowest BCUT2D eigenvalue weighted by atomic mass is 10.2. The van der Waals surface area contributed by atoms with E-state index in [4.69, 9.17) is 4.42 Å². The molecule has 0 saturated heterocycles. The maximum Gasteiger partial charge on any atom is 0.194 e. The topological polar surface area (TPSA) is 38.1 Å². The molecule has 0 aliphatic rings. The lowest BCUT2D eigenvalue weighted by Gasteiger charge is -2.03. The zero-order chi connectivity index (χ0) is 13.5. The van der Waals surface area contributed by atoms with Gasteiger partial charge in [-0.2, -0.15) is 0 Å². The Morgan fingerprint density at radius 3 is 2.95 bits per heavy atom. The Kier molecular flexibility index (Phi) is 5.48. The van der Waals surface area contributed by atoms with Gasteiger partial charge in [0.15, 0.2) is 11.7 Å². The molecule has 2 rings (SSSR count). The molecule has 0 amide bonds. The number of aromatic nitrogens is 1. The highest BCUT2D eigenvalue weighted by atomic mass is 32.2. The Morgan fingerprint density at radius 2 is 2.16 bits per heavy atom. The molecule has 0 fully saturated rings. The predicted octanol–water partition coefficient (Wildman–Crippen LogP) is 3.61. The van der Waals surface area contributed by atoms with Crippen LogP contribution >= 0.6 is 11.8 Å². The highest BCUT2D eigenvalue weighted by Crippen LogP contribution is 2.30. The summed E-state index contributed by atoms with van der Waals surface area (Å²) in [6, 6.07) is 8.26. The Bertz CT molecular complexity index is 510. The van der Waals surface area contributed by atoms with Crippen LogP contribution in [-0.4, -0.2) is 24.3 Å². The maximum absolute atomic E-state index is 5.84. The number of thioether (sulfide) groups is 1. The van der Waals surface area contributed by atoms with E-state index < -0.39 is 0 Å². The summed E-state index contributed by atoms with van der Waals surface area (Å²) in [4.78, 5) is 5.58. The number of oxazole rings is 1. The first-order chi connectivity index (χ1) is 9.35. The number of hydrogen-bond acceptors (Lipinski definition) is 4. The summed E-state index contributed by atoms with van der Waals surface area (Å²) in [5.74, 6) is 1.69. The van der Waals surface area contributed by atoms with Gasteiger partial charge in [0.2, 0.25) is 0 Å². The molecule has 1 heterocycles. The summed E-state index contributed by atoms with van der Waals surface area (Å²) < 4.78 is 5.84. The molecule has 2 aromatic rings. The van der Waals surface area contributed by atoms with Crippen LogP contribution in [0.1, 0.15) is 19.2 Å². The van der Waals surface area contributed by atoms with Gasteiger partial charge in [-0.15, -0.1) is 11.8 Å². The van der Waals surface area contributed by atoms with E-state index in [0.29, 0.717) is 0 Å². The van der Waals surface area contributed by atoms with E-state index >= 15 is 0 Å². The molecule has 0 aliphatic heterocycles. The van der Waals surface area contributed by atoms with Crippen LogP contribution in [0.15, 0.2) is 39.8 Å². The van der Waals surface area contributed by atoms with Gasteiger partial charge in [0.05, 0.1) is 6.20 Å². The Labute approximate surface area is 118 Å². The minimum absolute atomic E-state index is 0.823. The van der Waals surface area contributed by atoms with Gasteiger partial charge in [-0.3, -0.25) is 0 Å². The quantitative estimate of drug-likeness (QED) is 0.619. The molecule has 0 saturated carbocycles. The van der Waals surface area contributed by atoms with Crippen molar-refractivity contribution in [2.24, 2.45) is 0 Å². The first kappa shape index (κ1) is 14.2. The van der Waals surface area contributed by atoms with E-state index in [9.17, 15) is 0 Å². The molecular formula is C15H20N2OS. The van der Waals surface area contributed by atoms with E-state index in [2.05, 4.69) is 35.6 Å². The molecule has 0 unspecified atom stereocenters. The van der Waals surface area contributed by atoms with Crippen molar-refractivity contribution in [2.75, 3.05) is 19.3 Å². The highest BCUT2D eigenvalue weighted by molar-refractivity contribution is 7.98. The average Bonchev–Trinajstić information content (AvgIpc) is 2.92. The molecule has 1 aromatic carbocycles. The van der Waals surface area contributed by atoms with Gasteiger partial charge in [-0.05, 0) is 31.8 Å². The van der Waals surface area contributed by atoms with Gasteiger partial charge in [0, 0.05) is 16.9 Å². The number of nitrogens with zero attached hydrogens (tertiary/aromatic N) is 1. The molecular weight excluding hydrogens is 256 g/mol. The maximum atomic E-state index is 5.84. The SMILES string of the molecule is CCNCCCc1ncc(-c2ccccc2SC)o1. The third-order valence-corrected chi connectivity index (χ3v) is 3.72. The Balaban J connectivity index is 2.04. The Hall–Kier alpha value is -1.26. The Morgan fingerprint density at radius 1 is 1.32 bits per heavy atom. The van der Waals surface area contributed by atoms with Crippen LogP contribution in [0.5, 0.6) is 0 Å². The summed E-state index contributed by atoms with van der Waals surface area (Å²) in [5.41, 5.74) is 1.13. The number of nitrogens with one attached hydrogen (secondary N) is 1. The van der Waals surface area contributed by atoms with E-state index in [1.165, 1.54) is 4.90 Å². The average molecular weight is 276 g/mol. The second-order valence-electron chi connectivity index (χ2n) is 4.28. The van der Waals surface area contributed by atoms with Gasteiger partial charge >= 0.3 is 0 Å². The number of benzene rings is 1. The fourth-order valence-electron chi connectivity index (χ4n) is 1.94. The van der Waals surface area contributed by atoms with Crippen molar-refractivity contribution in [1.82, 2.24) is 10.3 Å². The fraction of sp³-hybridized carbons (Fsp3) is 0.400. The second-order valence-corrected chi connectivity index (χ2v) is 5.12. The summed E-state index contributed by atoms with van der Waals surface area (Å²) in [6.07, 6.45) is 5.84. The van der Waals surface area contributed by atoms with Crippen LogP contribution in [0.4, 0.5) is 0 Å². The van der Waals surface area contributed by atoms with E-state index in [1.807, 2.05) is 18.3 Å². The van der Waals surface area contributed by atoms with Crippen LogP contribution < -0.4 is 5.32 Å². The van der Waals surface area contributed by atoms with E-state index in [-0.39, 0.29) is 0 Å². The van der Waals surface area contributed by atoms with Gasteiger partial charge in [0.25, 0.3) is 0 Å². The zero-order valence-corrected chi connectivity index (χ0v) is 12.3. The lowest BCUT2D eigenvalue weighted by molar-refractivity contribution is 0.492. The third-order valence-electron chi connectivity index (χ3n) is 2.92. The molecule has 3 nitrogen and oxygen atoms in total. The first-order valence-electron chi connectivity index (χ1n) is 6.64. The van der Waals surface area contributed by atoms with Crippen molar-refractivity contribution in [3.05, 3.63) is 36.4 Å². The molecule has 0 atom stereocenters. The van der Waals surface area contributed by atoms with Crippen LogP contribution in [0, 0.1) is 0 Å². The molecule has 102 valence electrons. The molecule has 0 aliphatic carbocycles. The van der Waals surface area contributed by atoms with Crippen LogP contribution in [0.25, 0.3) is 11.3 Å². The molecule has 19 heavy (non-hydrogen) atoms. The molecule has 1 N–H and O–H groups in total. The summed E-state index contributed by atoms with van der Waals surface area (Å²) >= 11 is 1.73.